The zero-order chi connectivity index (χ0) is 23.0. The van der Waals surface area contributed by atoms with Crippen LogP contribution in [0.2, 0.25) is 0 Å². The van der Waals surface area contributed by atoms with Crippen LogP contribution >= 0.6 is 11.3 Å². The van der Waals surface area contributed by atoms with Gasteiger partial charge in [0.05, 0.1) is 0 Å². The van der Waals surface area contributed by atoms with Crippen molar-refractivity contribution in [2.75, 3.05) is 26.2 Å². The average molecular weight is 472 g/mol. The maximum Gasteiger partial charge on any atom is 0.273 e. The first kappa shape index (κ1) is 22.4. The van der Waals surface area contributed by atoms with Crippen molar-refractivity contribution < 1.29 is 18.3 Å². The van der Waals surface area contributed by atoms with Crippen molar-refractivity contribution >= 4 is 27.3 Å². The Labute approximate surface area is 192 Å². The SMILES string of the molecule is Cc1ccc(-c2nc(C(=O)N3CCN(S(=O)(=O)c4cc(C)ccc4O)CC3)cs2)c(C)c1. The monoisotopic (exact) mass is 471 g/mol. The number of aromatic nitrogens is 1. The number of hydrogen-bond acceptors (Lipinski definition) is 6. The fraction of sp³-hybridized carbons (Fsp3) is 0.304. The van der Waals surface area contributed by atoms with Gasteiger partial charge in [-0.2, -0.15) is 4.31 Å². The van der Waals surface area contributed by atoms with E-state index in [2.05, 4.69) is 11.1 Å². The lowest BCUT2D eigenvalue weighted by atomic mass is 10.1. The lowest BCUT2D eigenvalue weighted by Gasteiger charge is -2.33. The van der Waals surface area contributed by atoms with Gasteiger partial charge in [-0.25, -0.2) is 13.4 Å². The second kappa shape index (κ2) is 8.65. The van der Waals surface area contributed by atoms with Crippen molar-refractivity contribution in [3.8, 4) is 16.3 Å². The highest BCUT2D eigenvalue weighted by Gasteiger charge is 2.32. The Hall–Kier alpha value is -2.75. The number of aryl methyl sites for hydroxylation is 3. The standard InChI is InChI=1S/C23H25N3O4S2/c1-15-4-6-18(17(3)12-15)22-24-19(14-31-22)23(28)25-8-10-26(11-9-25)32(29,30)21-13-16(2)5-7-20(21)27/h4-7,12-14,27H,8-11H2,1-3H3. The molecule has 1 amide bonds. The van der Waals surface area contributed by atoms with E-state index in [1.807, 2.05) is 26.0 Å². The molecule has 0 spiro atoms. The van der Waals surface area contributed by atoms with Gasteiger partial charge in [-0.3, -0.25) is 4.79 Å². The van der Waals surface area contributed by atoms with E-state index in [-0.39, 0.29) is 42.7 Å². The van der Waals surface area contributed by atoms with Gasteiger partial charge in [0.15, 0.2) is 0 Å². The summed E-state index contributed by atoms with van der Waals surface area (Å²) in [7, 11) is -3.84. The van der Waals surface area contributed by atoms with Crippen LogP contribution in [0.15, 0.2) is 46.7 Å². The van der Waals surface area contributed by atoms with Crippen LogP contribution in [0, 0.1) is 20.8 Å². The number of piperazine rings is 1. The third-order valence-electron chi connectivity index (χ3n) is 5.59. The number of phenols is 1. The molecular weight excluding hydrogens is 446 g/mol. The zero-order valence-corrected chi connectivity index (χ0v) is 19.8. The first-order chi connectivity index (χ1) is 15.2. The van der Waals surface area contributed by atoms with Crippen LogP contribution in [-0.2, 0) is 10.0 Å². The van der Waals surface area contributed by atoms with Crippen LogP contribution in [0.5, 0.6) is 5.75 Å². The van der Waals surface area contributed by atoms with E-state index in [0.29, 0.717) is 5.69 Å². The number of carbonyl (C=O) groups is 1. The van der Waals surface area contributed by atoms with Crippen LogP contribution in [0.25, 0.3) is 10.6 Å². The summed E-state index contributed by atoms with van der Waals surface area (Å²) < 4.78 is 27.3. The molecule has 0 atom stereocenters. The first-order valence-corrected chi connectivity index (χ1v) is 12.6. The normalized spacial score (nSPS) is 15.2. The summed E-state index contributed by atoms with van der Waals surface area (Å²) >= 11 is 1.43. The molecule has 32 heavy (non-hydrogen) atoms. The quantitative estimate of drug-likeness (QED) is 0.628. The fourth-order valence-corrected chi connectivity index (χ4v) is 6.28. The maximum absolute atomic E-state index is 13.0. The number of rotatable bonds is 4. The summed E-state index contributed by atoms with van der Waals surface area (Å²) in [5, 5.41) is 12.6. The Balaban J connectivity index is 1.46. The van der Waals surface area contributed by atoms with E-state index in [4.69, 9.17) is 0 Å². The summed E-state index contributed by atoms with van der Waals surface area (Å²) in [6, 6.07) is 10.6. The number of aromatic hydroxyl groups is 1. The highest BCUT2D eigenvalue weighted by Crippen LogP contribution is 2.29. The molecule has 1 aromatic heterocycles. The molecule has 7 nitrogen and oxygen atoms in total. The van der Waals surface area contributed by atoms with Crippen LogP contribution in [0.1, 0.15) is 27.2 Å². The molecule has 0 saturated carbocycles. The van der Waals surface area contributed by atoms with Crippen LogP contribution in [0.3, 0.4) is 0 Å². The van der Waals surface area contributed by atoms with E-state index < -0.39 is 10.0 Å². The van der Waals surface area contributed by atoms with Crippen molar-refractivity contribution in [3.05, 3.63) is 64.2 Å². The average Bonchev–Trinajstić information content (AvgIpc) is 3.25. The van der Waals surface area contributed by atoms with Gasteiger partial charge < -0.3 is 10.0 Å². The summed E-state index contributed by atoms with van der Waals surface area (Å²) in [5.41, 5.74) is 4.41. The van der Waals surface area contributed by atoms with Gasteiger partial charge in [0.1, 0.15) is 21.3 Å². The summed E-state index contributed by atoms with van der Waals surface area (Å²) in [5.74, 6) is -0.469. The van der Waals surface area contributed by atoms with Crippen LogP contribution in [0.4, 0.5) is 0 Å². The third-order valence-corrected chi connectivity index (χ3v) is 8.40. The zero-order valence-electron chi connectivity index (χ0n) is 18.2. The highest BCUT2D eigenvalue weighted by molar-refractivity contribution is 7.89. The number of amides is 1. The van der Waals surface area contributed by atoms with Crippen molar-refractivity contribution in [2.24, 2.45) is 0 Å². The van der Waals surface area contributed by atoms with E-state index in [1.54, 1.807) is 23.3 Å². The Morgan fingerprint density at radius 2 is 1.66 bits per heavy atom. The number of benzene rings is 2. The number of thiazole rings is 1. The Morgan fingerprint density at radius 3 is 2.34 bits per heavy atom. The summed E-state index contributed by atoms with van der Waals surface area (Å²) in [6.45, 7) is 6.69. The van der Waals surface area contributed by atoms with Gasteiger partial charge in [-0.05, 0) is 44.0 Å². The van der Waals surface area contributed by atoms with Crippen molar-refractivity contribution in [1.29, 1.82) is 0 Å². The minimum absolute atomic E-state index is 0.102. The second-order valence-electron chi connectivity index (χ2n) is 8.02. The number of phenolic OH excluding ortho intramolecular Hbond substituents is 1. The molecule has 0 radical (unpaired) electrons. The molecule has 1 aliphatic rings. The molecule has 168 valence electrons. The molecule has 2 heterocycles. The van der Waals surface area contributed by atoms with E-state index >= 15 is 0 Å². The molecule has 3 aromatic rings. The predicted octanol–water partition coefficient (Wildman–Crippen LogP) is 3.59. The van der Waals surface area contributed by atoms with Gasteiger partial charge in [0, 0.05) is 37.1 Å². The van der Waals surface area contributed by atoms with Crippen molar-refractivity contribution in [3.63, 3.8) is 0 Å². The van der Waals surface area contributed by atoms with E-state index in [1.165, 1.54) is 33.3 Å². The predicted molar refractivity (Wildman–Crippen MR) is 125 cm³/mol. The van der Waals surface area contributed by atoms with E-state index in [0.717, 1.165) is 21.7 Å². The van der Waals surface area contributed by atoms with Gasteiger partial charge in [0.2, 0.25) is 10.0 Å². The van der Waals surface area contributed by atoms with Gasteiger partial charge in [-0.1, -0.05) is 29.8 Å². The van der Waals surface area contributed by atoms with Gasteiger partial charge in [0.25, 0.3) is 5.91 Å². The number of carbonyl (C=O) groups excluding carboxylic acids is 1. The molecular formula is C23H25N3O4S2. The maximum atomic E-state index is 13.0. The second-order valence-corrected chi connectivity index (χ2v) is 10.8. The van der Waals surface area contributed by atoms with Crippen LogP contribution in [-0.4, -0.2) is 59.8 Å². The van der Waals surface area contributed by atoms with Gasteiger partial charge in [-0.15, -0.1) is 11.3 Å². The summed E-state index contributed by atoms with van der Waals surface area (Å²) in [4.78, 5) is 19.0. The highest BCUT2D eigenvalue weighted by atomic mass is 32.2. The Kier molecular flexibility index (Phi) is 6.07. The Morgan fingerprint density at radius 1 is 1.00 bits per heavy atom. The fourth-order valence-electron chi connectivity index (χ4n) is 3.81. The number of nitrogens with zero attached hydrogens (tertiary/aromatic N) is 3. The Bertz CT molecular complexity index is 1280. The molecule has 1 saturated heterocycles. The molecule has 1 fully saturated rings. The van der Waals surface area contributed by atoms with Crippen molar-refractivity contribution in [1.82, 2.24) is 14.2 Å². The van der Waals surface area contributed by atoms with Gasteiger partial charge >= 0.3 is 0 Å². The molecule has 1 N–H and O–H groups in total. The molecule has 2 aromatic carbocycles. The summed E-state index contributed by atoms with van der Waals surface area (Å²) in [6.07, 6.45) is 0. The molecule has 4 rings (SSSR count). The molecule has 0 bridgehead atoms. The smallest absolute Gasteiger partial charge is 0.273 e. The van der Waals surface area contributed by atoms with Crippen LogP contribution < -0.4 is 0 Å². The minimum atomic E-state index is -3.84. The first-order valence-electron chi connectivity index (χ1n) is 10.3. The van der Waals surface area contributed by atoms with E-state index in [9.17, 15) is 18.3 Å². The number of sulfonamides is 1. The largest absolute Gasteiger partial charge is 0.507 e. The molecule has 9 heteroatoms. The topological polar surface area (TPSA) is 90.8 Å². The molecule has 0 aliphatic carbocycles. The lowest BCUT2D eigenvalue weighted by molar-refractivity contribution is 0.0692. The van der Waals surface area contributed by atoms with Crippen molar-refractivity contribution in [2.45, 2.75) is 25.7 Å². The number of hydrogen-bond donors (Lipinski definition) is 1. The minimum Gasteiger partial charge on any atom is -0.507 e. The third kappa shape index (κ3) is 4.28. The molecule has 1 aliphatic heterocycles. The molecule has 0 unspecified atom stereocenters. The lowest BCUT2D eigenvalue weighted by Crippen LogP contribution is -2.50.